The molecule has 0 aliphatic rings. The molecule has 1 aromatic heterocycles. The van der Waals surface area contributed by atoms with Crippen molar-refractivity contribution in [2.24, 2.45) is 0 Å². The highest BCUT2D eigenvalue weighted by molar-refractivity contribution is 7.09. The van der Waals surface area contributed by atoms with Gasteiger partial charge in [0.25, 0.3) is 0 Å². The van der Waals surface area contributed by atoms with E-state index in [2.05, 4.69) is 42.9 Å². The van der Waals surface area contributed by atoms with Gasteiger partial charge in [-0.05, 0) is 34.0 Å². The number of thiazole rings is 1. The second-order valence-corrected chi connectivity index (χ2v) is 5.78. The predicted molar refractivity (Wildman–Crippen MR) is 75.7 cm³/mol. The van der Waals surface area contributed by atoms with E-state index in [9.17, 15) is 0 Å². The Kier molecular flexibility index (Phi) is 5.56. The lowest BCUT2D eigenvalue weighted by Gasteiger charge is -2.43. The fraction of sp³-hybridized carbons (Fsp3) is 0.769. The van der Waals surface area contributed by atoms with Gasteiger partial charge in [0.1, 0.15) is 0 Å². The second-order valence-electron chi connectivity index (χ2n) is 4.80. The predicted octanol–water partition coefficient (Wildman–Crippen LogP) is 2.39. The van der Waals surface area contributed by atoms with Crippen LogP contribution in [0.1, 0.15) is 32.7 Å². The molecule has 4 heteroatoms. The summed E-state index contributed by atoms with van der Waals surface area (Å²) in [7, 11) is 2.05. The average Bonchev–Trinajstić information content (AvgIpc) is 2.79. The van der Waals surface area contributed by atoms with Gasteiger partial charge in [-0.2, -0.15) is 0 Å². The molecule has 1 atom stereocenters. The molecule has 0 fully saturated rings. The van der Waals surface area contributed by atoms with Crippen molar-refractivity contribution in [2.75, 3.05) is 20.1 Å². The molecule has 0 aliphatic heterocycles. The Morgan fingerprint density at radius 2 is 2.06 bits per heavy atom. The SMILES string of the molecule is CCN(CC)C(C)(C)C(Cc1nccs1)NC. The van der Waals surface area contributed by atoms with E-state index >= 15 is 0 Å². The molecule has 98 valence electrons. The highest BCUT2D eigenvalue weighted by Gasteiger charge is 2.33. The van der Waals surface area contributed by atoms with E-state index in [0.29, 0.717) is 6.04 Å². The summed E-state index contributed by atoms with van der Waals surface area (Å²) in [5.74, 6) is 0. The summed E-state index contributed by atoms with van der Waals surface area (Å²) in [6, 6.07) is 0.425. The zero-order valence-electron chi connectivity index (χ0n) is 11.7. The maximum absolute atomic E-state index is 4.39. The van der Waals surface area contributed by atoms with Gasteiger partial charge in [0.2, 0.25) is 0 Å². The third-order valence-corrected chi connectivity index (χ3v) is 4.44. The Labute approximate surface area is 109 Å². The molecule has 1 N–H and O–H groups in total. The number of aromatic nitrogens is 1. The van der Waals surface area contributed by atoms with Gasteiger partial charge in [0, 0.05) is 29.6 Å². The van der Waals surface area contributed by atoms with Crippen LogP contribution in [0.2, 0.25) is 0 Å². The summed E-state index contributed by atoms with van der Waals surface area (Å²) in [6.45, 7) is 11.2. The van der Waals surface area contributed by atoms with Crippen molar-refractivity contribution in [3.05, 3.63) is 16.6 Å². The quantitative estimate of drug-likeness (QED) is 0.811. The normalized spacial score (nSPS) is 14.2. The zero-order chi connectivity index (χ0) is 12.9. The third-order valence-electron chi connectivity index (χ3n) is 3.64. The first-order chi connectivity index (χ1) is 8.06. The Bertz CT molecular complexity index is 304. The first-order valence-electron chi connectivity index (χ1n) is 6.36. The lowest BCUT2D eigenvalue weighted by atomic mass is 9.90. The first-order valence-corrected chi connectivity index (χ1v) is 7.24. The lowest BCUT2D eigenvalue weighted by Crippen LogP contribution is -2.57. The largest absolute Gasteiger partial charge is 0.315 e. The minimum atomic E-state index is 0.143. The summed E-state index contributed by atoms with van der Waals surface area (Å²) in [5.41, 5.74) is 0.143. The summed E-state index contributed by atoms with van der Waals surface area (Å²) < 4.78 is 0. The van der Waals surface area contributed by atoms with Gasteiger partial charge < -0.3 is 5.32 Å². The standard InChI is InChI=1S/C13H25N3S/c1-6-16(7-2)13(3,4)11(14-5)10-12-15-8-9-17-12/h8-9,11,14H,6-7,10H2,1-5H3. The van der Waals surface area contributed by atoms with Gasteiger partial charge in [0.05, 0.1) is 5.01 Å². The zero-order valence-corrected chi connectivity index (χ0v) is 12.5. The van der Waals surface area contributed by atoms with Crippen LogP contribution in [-0.4, -0.2) is 41.6 Å². The van der Waals surface area contributed by atoms with Gasteiger partial charge in [-0.3, -0.25) is 4.90 Å². The topological polar surface area (TPSA) is 28.2 Å². The number of rotatable bonds is 7. The molecule has 1 heterocycles. The van der Waals surface area contributed by atoms with Gasteiger partial charge >= 0.3 is 0 Å². The smallest absolute Gasteiger partial charge is 0.0941 e. The summed E-state index contributed by atoms with van der Waals surface area (Å²) in [4.78, 5) is 6.89. The van der Waals surface area contributed by atoms with E-state index in [1.807, 2.05) is 18.6 Å². The van der Waals surface area contributed by atoms with Gasteiger partial charge in [-0.15, -0.1) is 11.3 Å². The highest BCUT2D eigenvalue weighted by Crippen LogP contribution is 2.22. The molecular weight excluding hydrogens is 230 g/mol. The van der Waals surface area contributed by atoms with Gasteiger partial charge in [-0.1, -0.05) is 13.8 Å². The van der Waals surface area contributed by atoms with Crippen molar-refractivity contribution in [2.45, 2.75) is 45.7 Å². The molecule has 0 amide bonds. The molecule has 0 aliphatic carbocycles. The Morgan fingerprint density at radius 3 is 2.47 bits per heavy atom. The molecule has 0 bridgehead atoms. The number of hydrogen-bond acceptors (Lipinski definition) is 4. The number of nitrogens with one attached hydrogen (secondary N) is 1. The minimum Gasteiger partial charge on any atom is -0.315 e. The van der Waals surface area contributed by atoms with E-state index in [0.717, 1.165) is 19.5 Å². The van der Waals surface area contributed by atoms with E-state index in [1.165, 1.54) is 5.01 Å². The van der Waals surface area contributed by atoms with Gasteiger partial charge in [0.15, 0.2) is 0 Å². The van der Waals surface area contributed by atoms with Crippen LogP contribution in [0.25, 0.3) is 0 Å². The molecule has 0 radical (unpaired) electrons. The Balaban J connectivity index is 2.77. The molecule has 1 unspecified atom stereocenters. The summed E-state index contributed by atoms with van der Waals surface area (Å²) in [5, 5.41) is 6.72. The number of likely N-dealkylation sites (N-methyl/N-ethyl adjacent to an activating group) is 2. The maximum Gasteiger partial charge on any atom is 0.0941 e. The van der Waals surface area contributed by atoms with Crippen LogP contribution in [0.4, 0.5) is 0 Å². The van der Waals surface area contributed by atoms with Crippen LogP contribution in [0.15, 0.2) is 11.6 Å². The Hall–Kier alpha value is -0.450. The van der Waals surface area contributed by atoms with Crippen molar-refractivity contribution in [3.8, 4) is 0 Å². The van der Waals surface area contributed by atoms with Crippen LogP contribution in [-0.2, 0) is 6.42 Å². The second kappa shape index (κ2) is 6.47. The van der Waals surface area contributed by atoms with Crippen LogP contribution in [0.3, 0.4) is 0 Å². The van der Waals surface area contributed by atoms with E-state index in [4.69, 9.17) is 0 Å². The average molecular weight is 255 g/mol. The van der Waals surface area contributed by atoms with E-state index in [1.54, 1.807) is 11.3 Å². The highest BCUT2D eigenvalue weighted by atomic mass is 32.1. The van der Waals surface area contributed by atoms with Gasteiger partial charge in [-0.25, -0.2) is 4.98 Å². The van der Waals surface area contributed by atoms with Crippen molar-refractivity contribution in [1.29, 1.82) is 0 Å². The molecule has 3 nitrogen and oxygen atoms in total. The third kappa shape index (κ3) is 3.50. The molecule has 0 spiro atoms. The maximum atomic E-state index is 4.39. The molecule has 17 heavy (non-hydrogen) atoms. The molecule has 1 aromatic rings. The van der Waals surface area contributed by atoms with Crippen molar-refractivity contribution in [3.63, 3.8) is 0 Å². The number of hydrogen-bond donors (Lipinski definition) is 1. The van der Waals surface area contributed by atoms with Crippen molar-refractivity contribution < 1.29 is 0 Å². The molecule has 0 saturated carbocycles. The minimum absolute atomic E-state index is 0.143. The van der Waals surface area contributed by atoms with Crippen LogP contribution in [0, 0.1) is 0 Å². The Morgan fingerprint density at radius 1 is 1.41 bits per heavy atom. The van der Waals surface area contributed by atoms with E-state index in [-0.39, 0.29) is 5.54 Å². The lowest BCUT2D eigenvalue weighted by molar-refractivity contribution is 0.0943. The van der Waals surface area contributed by atoms with Crippen molar-refractivity contribution >= 4 is 11.3 Å². The summed E-state index contributed by atoms with van der Waals surface area (Å²) >= 11 is 1.74. The van der Waals surface area contributed by atoms with Crippen molar-refractivity contribution in [1.82, 2.24) is 15.2 Å². The molecule has 0 aromatic carbocycles. The van der Waals surface area contributed by atoms with Crippen LogP contribution < -0.4 is 5.32 Å². The van der Waals surface area contributed by atoms with Crippen LogP contribution >= 0.6 is 11.3 Å². The van der Waals surface area contributed by atoms with Crippen LogP contribution in [0.5, 0.6) is 0 Å². The fourth-order valence-corrected chi connectivity index (χ4v) is 3.16. The fourth-order valence-electron chi connectivity index (χ4n) is 2.49. The number of nitrogens with zero attached hydrogens (tertiary/aromatic N) is 2. The summed E-state index contributed by atoms with van der Waals surface area (Å²) in [6.07, 6.45) is 2.88. The first kappa shape index (κ1) is 14.6. The molecule has 1 rings (SSSR count). The molecule has 0 saturated heterocycles. The molecular formula is C13H25N3S. The van der Waals surface area contributed by atoms with E-state index < -0.39 is 0 Å². The monoisotopic (exact) mass is 255 g/mol.